The highest BCUT2D eigenvalue weighted by molar-refractivity contribution is 7.41. The molecule has 2 rings (SSSR count). The molecule has 0 aromatic heterocycles. The number of hydrogen-bond donors (Lipinski definition) is 1. The maximum absolute atomic E-state index is 12.9. The first-order valence-corrected chi connectivity index (χ1v) is 11.6. The molecular weight excluding hydrogens is 419 g/mol. The molecular formula is C22H29N2O6P. The van der Waals surface area contributed by atoms with Gasteiger partial charge in [0.2, 0.25) is 0 Å². The molecule has 0 radical (unpaired) electrons. The Kier molecular flexibility index (Phi) is 10.1. The van der Waals surface area contributed by atoms with Crippen LogP contribution in [0.2, 0.25) is 0 Å². The molecule has 2 aromatic carbocycles. The summed E-state index contributed by atoms with van der Waals surface area (Å²) in [6.07, 6.45) is -0.824. The zero-order valence-corrected chi connectivity index (χ0v) is 18.9. The fourth-order valence-corrected chi connectivity index (χ4v) is 3.83. The first kappa shape index (κ1) is 24.4. The monoisotopic (exact) mass is 448 g/mol. The van der Waals surface area contributed by atoms with E-state index >= 15 is 0 Å². The summed E-state index contributed by atoms with van der Waals surface area (Å²) in [6, 6.07) is 17.2. The van der Waals surface area contributed by atoms with Crippen LogP contribution in [-0.4, -0.2) is 41.7 Å². The fraction of sp³-hybridized carbons (Fsp3) is 0.364. The van der Waals surface area contributed by atoms with Gasteiger partial charge in [0, 0.05) is 12.7 Å². The number of amides is 1. The second kappa shape index (κ2) is 12.8. The normalized spacial score (nSPS) is 12.8. The summed E-state index contributed by atoms with van der Waals surface area (Å²) in [5, 5.41) is 2.57. The van der Waals surface area contributed by atoms with E-state index in [4.69, 9.17) is 14.3 Å². The predicted octanol–water partition coefficient (Wildman–Crippen LogP) is 4.02. The number of esters is 1. The van der Waals surface area contributed by atoms with Gasteiger partial charge in [0.25, 0.3) is 0 Å². The van der Waals surface area contributed by atoms with Gasteiger partial charge in [-0.15, -0.1) is 0 Å². The van der Waals surface area contributed by atoms with Gasteiger partial charge in [0.15, 0.2) is 7.95 Å². The Morgan fingerprint density at radius 1 is 1.00 bits per heavy atom. The zero-order chi connectivity index (χ0) is 22.6. The minimum Gasteiger partial charge on any atom is -0.462 e. The van der Waals surface area contributed by atoms with E-state index in [1.54, 1.807) is 45.0 Å². The lowest BCUT2D eigenvalue weighted by Gasteiger charge is -2.27. The molecule has 9 heteroatoms. The van der Waals surface area contributed by atoms with Crippen LogP contribution < -0.4 is 10.2 Å². The molecule has 31 heavy (non-hydrogen) atoms. The van der Waals surface area contributed by atoms with E-state index < -0.39 is 26.1 Å². The quantitative estimate of drug-likeness (QED) is 0.315. The molecule has 0 saturated heterocycles. The summed E-state index contributed by atoms with van der Waals surface area (Å²) in [5.41, 5.74) is 0.867. The Balaban J connectivity index is 1.90. The lowest BCUT2D eigenvalue weighted by atomic mass is 10.2. The molecule has 2 aromatic rings. The average Bonchev–Trinajstić information content (AvgIpc) is 2.76. The van der Waals surface area contributed by atoms with Crippen LogP contribution in [0, 0.1) is 0 Å². The number of carbonyl (C=O) groups excluding carboxylic acids is 2. The Morgan fingerprint density at radius 2 is 1.61 bits per heavy atom. The minimum atomic E-state index is -2.58. The Morgan fingerprint density at radius 3 is 2.23 bits per heavy atom. The topological polar surface area (TPSA) is 94.2 Å². The lowest BCUT2D eigenvalue weighted by molar-refractivity contribution is -0.158. The van der Waals surface area contributed by atoms with Crippen LogP contribution in [0.15, 0.2) is 60.7 Å². The maximum Gasteiger partial charge on any atom is 0.407 e. The van der Waals surface area contributed by atoms with E-state index in [0.717, 1.165) is 10.4 Å². The number of hydrogen-bond acceptors (Lipinski definition) is 6. The third-order valence-corrected chi connectivity index (χ3v) is 5.71. The highest BCUT2D eigenvalue weighted by Gasteiger charge is 2.30. The van der Waals surface area contributed by atoms with Crippen molar-refractivity contribution in [3.63, 3.8) is 0 Å². The van der Waals surface area contributed by atoms with Gasteiger partial charge in [0.1, 0.15) is 18.4 Å². The average molecular weight is 448 g/mol. The minimum absolute atomic E-state index is 0.0945. The van der Waals surface area contributed by atoms with Gasteiger partial charge in [0.05, 0.1) is 6.10 Å². The van der Waals surface area contributed by atoms with Gasteiger partial charge < -0.3 is 24.2 Å². The molecule has 0 fully saturated rings. The molecule has 0 spiro atoms. The van der Waals surface area contributed by atoms with Crippen LogP contribution in [0.25, 0.3) is 0 Å². The van der Waals surface area contributed by atoms with Crippen LogP contribution in [-0.2, 0) is 25.4 Å². The number of nitrogens with zero attached hydrogens (tertiary/aromatic N) is 1. The van der Waals surface area contributed by atoms with E-state index in [2.05, 4.69) is 5.32 Å². The first-order chi connectivity index (χ1) is 14.9. The van der Waals surface area contributed by atoms with E-state index in [1.165, 1.54) is 0 Å². The molecule has 0 aliphatic carbocycles. The highest BCUT2D eigenvalue weighted by atomic mass is 31.1. The fourth-order valence-electron chi connectivity index (χ4n) is 2.52. The van der Waals surface area contributed by atoms with Crippen LogP contribution >= 0.6 is 7.95 Å². The van der Waals surface area contributed by atoms with Gasteiger partial charge in [-0.05, 0) is 38.5 Å². The second-order valence-corrected chi connectivity index (χ2v) is 8.75. The molecule has 1 unspecified atom stereocenters. The van der Waals surface area contributed by atoms with Crippen molar-refractivity contribution in [2.75, 3.05) is 12.7 Å². The Hall–Kier alpha value is -2.83. The smallest absolute Gasteiger partial charge is 0.407 e. The third kappa shape index (κ3) is 8.82. The molecule has 0 heterocycles. The summed E-state index contributed by atoms with van der Waals surface area (Å²) in [5.74, 6) is -0.0974. The van der Waals surface area contributed by atoms with Gasteiger partial charge in [-0.1, -0.05) is 53.4 Å². The summed E-state index contributed by atoms with van der Waals surface area (Å²) < 4.78 is 23.3. The second-order valence-electron chi connectivity index (χ2n) is 7.02. The van der Waals surface area contributed by atoms with Crippen molar-refractivity contribution in [3.8, 4) is 5.75 Å². The molecule has 2 atom stereocenters. The van der Waals surface area contributed by atoms with Crippen molar-refractivity contribution in [2.45, 2.75) is 39.5 Å². The molecule has 0 saturated carbocycles. The number of ether oxygens (including phenoxy) is 2. The molecule has 1 amide bonds. The molecule has 8 nitrogen and oxygen atoms in total. The van der Waals surface area contributed by atoms with Crippen molar-refractivity contribution in [2.24, 2.45) is 0 Å². The summed E-state index contributed by atoms with van der Waals surface area (Å²) in [4.78, 5) is 31.1. The van der Waals surface area contributed by atoms with Crippen molar-refractivity contribution in [1.82, 2.24) is 10.2 Å². The van der Waals surface area contributed by atoms with Gasteiger partial charge in [-0.25, -0.2) is 4.79 Å². The standard InChI is InChI=1S/C22H29N2O6P/c1-17(2)29-21(25)18(3)24(30-20-12-8-5-9-13-20)31(27)15-14-23-22(26)28-16-19-10-6-4-7-11-19/h4-13,17-18,31H,14-16H2,1-3H3,(H,23,26)/t18-/m0/s1. The Labute approximate surface area is 183 Å². The van der Waals surface area contributed by atoms with Gasteiger partial charge in [-0.2, -0.15) is 0 Å². The predicted molar refractivity (Wildman–Crippen MR) is 118 cm³/mol. The zero-order valence-electron chi connectivity index (χ0n) is 17.9. The molecule has 0 aliphatic heterocycles. The van der Waals surface area contributed by atoms with Crippen LogP contribution in [0.4, 0.5) is 4.79 Å². The number of alkyl carbamates (subject to hydrolysis) is 1. The third-order valence-electron chi connectivity index (χ3n) is 4.06. The van der Waals surface area contributed by atoms with Crippen LogP contribution in [0.3, 0.4) is 0 Å². The number of para-hydroxylation sites is 1. The largest absolute Gasteiger partial charge is 0.462 e. The van der Waals surface area contributed by atoms with E-state index in [0.29, 0.717) is 5.75 Å². The molecule has 1 N–H and O–H groups in total. The number of carbonyl (C=O) groups is 2. The molecule has 168 valence electrons. The summed E-state index contributed by atoms with van der Waals surface area (Å²) >= 11 is 0. The molecule has 0 aliphatic rings. The van der Waals surface area contributed by atoms with E-state index in [9.17, 15) is 14.2 Å². The first-order valence-electron chi connectivity index (χ1n) is 10.1. The van der Waals surface area contributed by atoms with E-state index in [-0.39, 0.29) is 25.4 Å². The van der Waals surface area contributed by atoms with Crippen molar-refractivity contribution in [1.29, 1.82) is 0 Å². The van der Waals surface area contributed by atoms with Crippen LogP contribution in [0.1, 0.15) is 26.3 Å². The lowest BCUT2D eigenvalue weighted by Crippen LogP contribution is -2.39. The number of rotatable bonds is 11. The maximum atomic E-state index is 12.9. The van der Waals surface area contributed by atoms with Gasteiger partial charge >= 0.3 is 12.1 Å². The SMILES string of the molecule is CC(C)OC(=O)[C@H](C)N(Oc1ccccc1)[PH](=O)CCNC(=O)OCc1ccccc1. The van der Waals surface area contributed by atoms with Gasteiger partial charge in [-0.3, -0.25) is 4.79 Å². The van der Waals surface area contributed by atoms with Crippen LogP contribution in [0.5, 0.6) is 5.75 Å². The van der Waals surface area contributed by atoms with Crippen molar-refractivity contribution < 1.29 is 28.5 Å². The van der Waals surface area contributed by atoms with Crippen molar-refractivity contribution in [3.05, 3.63) is 66.2 Å². The number of hydroxylamine groups is 1. The molecule has 0 bridgehead atoms. The van der Waals surface area contributed by atoms with Crippen molar-refractivity contribution >= 4 is 20.0 Å². The number of nitrogens with one attached hydrogen (secondary N) is 1. The van der Waals surface area contributed by atoms with E-state index in [1.807, 2.05) is 36.4 Å². The Bertz CT molecular complexity index is 848. The number of benzene rings is 2. The summed E-state index contributed by atoms with van der Waals surface area (Å²) in [7, 11) is -2.58. The highest BCUT2D eigenvalue weighted by Crippen LogP contribution is 2.31. The summed E-state index contributed by atoms with van der Waals surface area (Å²) in [6.45, 7) is 5.29.